The van der Waals surface area contributed by atoms with Crippen LogP contribution in [0, 0.1) is 0 Å². The summed E-state index contributed by atoms with van der Waals surface area (Å²) in [5.74, 6) is -0.565. The molecule has 1 fully saturated rings. The number of carbonyl (C=O) groups is 1. The van der Waals surface area contributed by atoms with Gasteiger partial charge in [-0.3, -0.25) is 4.79 Å². The van der Waals surface area contributed by atoms with Crippen LogP contribution in [-0.2, 0) is 19.6 Å². The van der Waals surface area contributed by atoms with Gasteiger partial charge in [-0.2, -0.15) is 0 Å². The van der Waals surface area contributed by atoms with Crippen LogP contribution in [0.1, 0.15) is 0 Å². The van der Waals surface area contributed by atoms with Gasteiger partial charge in [0.25, 0.3) is 0 Å². The number of hydrogen-bond donors (Lipinski definition) is 3. The van der Waals surface area contributed by atoms with Crippen molar-refractivity contribution in [2.75, 3.05) is 30.4 Å². The largest absolute Gasteiger partial charge is 0.397 e. The van der Waals surface area contributed by atoms with E-state index in [0.29, 0.717) is 24.5 Å². The summed E-state index contributed by atoms with van der Waals surface area (Å²) in [5.41, 5.74) is 11.9. The molecule has 6 N–H and O–H groups in total. The Morgan fingerprint density at radius 1 is 1.40 bits per heavy atom. The van der Waals surface area contributed by atoms with Crippen LogP contribution in [0.3, 0.4) is 0 Å². The van der Waals surface area contributed by atoms with Crippen LogP contribution in [0.4, 0.5) is 11.4 Å². The molecule has 1 aliphatic heterocycles. The maximum atomic E-state index is 11.4. The second-order valence-corrected chi connectivity index (χ2v) is 6.01. The smallest absolute Gasteiger partial charge is 0.242 e. The third kappa shape index (κ3) is 2.84. The van der Waals surface area contributed by atoms with Gasteiger partial charge < -0.3 is 21.1 Å². The van der Waals surface area contributed by atoms with Crippen LogP contribution in [0.5, 0.6) is 0 Å². The predicted octanol–water partition coefficient (Wildman–Crippen LogP) is -1.39. The molecule has 0 aliphatic carbocycles. The van der Waals surface area contributed by atoms with Crippen molar-refractivity contribution in [1.29, 1.82) is 0 Å². The standard InChI is InChI=1S/C11H16N4O4S/c12-8-2-1-7(20(14,17)18)5-9(8)15-3-4-19-6-10(15)11(13)16/h1-2,5,10H,3-4,6,12H2,(H2,13,16)(H2,14,17,18). The molecule has 0 radical (unpaired) electrons. The van der Waals surface area contributed by atoms with Crippen molar-refractivity contribution in [3.63, 3.8) is 0 Å². The third-order valence-corrected chi connectivity index (χ3v) is 4.01. The van der Waals surface area contributed by atoms with E-state index < -0.39 is 22.0 Å². The highest BCUT2D eigenvalue weighted by atomic mass is 32.2. The lowest BCUT2D eigenvalue weighted by molar-refractivity contribution is -0.121. The van der Waals surface area contributed by atoms with E-state index in [2.05, 4.69) is 0 Å². The lowest BCUT2D eigenvalue weighted by atomic mass is 10.1. The Bertz CT molecular complexity index is 631. The fourth-order valence-corrected chi connectivity index (χ4v) is 2.61. The number of hydrogen-bond acceptors (Lipinski definition) is 6. The van der Waals surface area contributed by atoms with Gasteiger partial charge in [0.15, 0.2) is 0 Å². The molecule has 1 unspecified atom stereocenters. The van der Waals surface area contributed by atoms with Crippen LogP contribution >= 0.6 is 0 Å². The Balaban J connectivity index is 2.47. The number of amides is 1. The van der Waals surface area contributed by atoms with E-state index in [1.807, 2.05) is 0 Å². The van der Waals surface area contributed by atoms with Crippen LogP contribution in [0.25, 0.3) is 0 Å². The molecule has 1 aromatic rings. The summed E-state index contributed by atoms with van der Waals surface area (Å²) >= 11 is 0. The quantitative estimate of drug-likeness (QED) is 0.586. The Morgan fingerprint density at radius 2 is 2.10 bits per heavy atom. The molecule has 1 aromatic carbocycles. The lowest BCUT2D eigenvalue weighted by Gasteiger charge is -2.36. The molecular weight excluding hydrogens is 284 g/mol. The molecule has 1 saturated heterocycles. The Kier molecular flexibility index (Phi) is 3.84. The number of sulfonamides is 1. The van der Waals surface area contributed by atoms with E-state index in [1.54, 1.807) is 4.90 Å². The van der Waals surface area contributed by atoms with Crippen molar-refractivity contribution in [2.45, 2.75) is 10.9 Å². The monoisotopic (exact) mass is 300 g/mol. The first-order valence-corrected chi connectivity index (χ1v) is 7.41. The molecule has 2 rings (SSSR count). The maximum Gasteiger partial charge on any atom is 0.242 e. The van der Waals surface area contributed by atoms with Crippen LogP contribution in [-0.4, -0.2) is 40.1 Å². The van der Waals surface area contributed by atoms with Gasteiger partial charge in [-0.15, -0.1) is 0 Å². The first-order chi connectivity index (χ1) is 9.30. The normalized spacial score (nSPS) is 19.9. The third-order valence-electron chi connectivity index (χ3n) is 3.10. The molecule has 20 heavy (non-hydrogen) atoms. The SMILES string of the molecule is NC(=O)C1COCCN1c1cc(S(N)(=O)=O)ccc1N. The van der Waals surface area contributed by atoms with Gasteiger partial charge >= 0.3 is 0 Å². The predicted molar refractivity (Wildman–Crippen MR) is 73.4 cm³/mol. The second kappa shape index (κ2) is 5.27. The summed E-state index contributed by atoms with van der Waals surface area (Å²) in [6.07, 6.45) is 0. The van der Waals surface area contributed by atoms with E-state index in [4.69, 9.17) is 21.3 Å². The Hall–Kier alpha value is -1.84. The number of nitrogens with zero attached hydrogens (tertiary/aromatic N) is 1. The first-order valence-electron chi connectivity index (χ1n) is 5.86. The van der Waals surface area contributed by atoms with Crippen LogP contribution in [0.15, 0.2) is 23.1 Å². The molecule has 1 aliphatic rings. The van der Waals surface area contributed by atoms with Gasteiger partial charge in [0, 0.05) is 6.54 Å². The van der Waals surface area contributed by atoms with E-state index in [-0.39, 0.29) is 11.5 Å². The minimum atomic E-state index is -3.85. The van der Waals surface area contributed by atoms with E-state index >= 15 is 0 Å². The minimum Gasteiger partial charge on any atom is -0.397 e. The minimum absolute atomic E-state index is 0.0728. The van der Waals surface area contributed by atoms with E-state index in [9.17, 15) is 13.2 Å². The first kappa shape index (κ1) is 14.6. The van der Waals surface area contributed by atoms with Gasteiger partial charge in [-0.05, 0) is 18.2 Å². The van der Waals surface area contributed by atoms with Gasteiger partial charge in [0.1, 0.15) is 6.04 Å². The van der Waals surface area contributed by atoms with Gasteiger partial charge in [-0.1, -0.05) is 0 Å². The fraction of sp³-hybridized carbons (Fsp3) is 0.364. The molecule has 110 valence electrons. The summed E-state index contributed by atoms with van der Waals surface area (Å²) < 4.78 is 28.0. The summed E-state index contributed by atoms with van der Waals surface area (Å²) in [7, 11) is -3.85. The highest BCUT2D eigenvalue weighted by molar-refractivity contribution is 7.89. The zero-order valence-corrected chi connectivity index (χ0v) is 11.5. The second-order valence-electron chi connectivity index (χ2n) is 4.45. The summed E-state index contributed by atoms with van der Waals surface area (Å²) in [5, 5.41) is 5.10. The zero-order valence-electron chi connectivity index (χ0n) is 10.7. The average Bonchev–Trinajstić information content (AvgIpc) is 2.38. The average molecular weight is 300 g/mol. The number of carbonyl (C=O) groups excluding carboxylic acids is 1. The molecule has 0 aromatic heterocycles. The number of morpholine rings is 1. The number of anilines is 2. The number of ether oxygens (including phenoxy) is 1. The number of nitrogen functional groups attached to an aromatic ring is 1. The molecule has 0 bridgehead atoms. The summed E-state index contributed by atoms with van der Waals surface area (Å²) in [6, 6.07) is 3.39. The summed E-state index contributed by atoms with van der Waals surface area (Å²) in [4.78, 5) is 13.0. The molecule has 9 heteroatoms. The van der Waals surface area contributed by atoms with Gasteiger partial charge in [-0.25, -0.2) is 13.6 Å². The van der Waals surface area contributed by atoms with Crippen molar-refractivity contribution < 1.29 is 17.9 Å². The van der Waals surface area contributed by atoms with E-state index in [0.717, 1.165) is 0 Å². The number of rotatable bonds is 3. The topological polar surface area (TPSA) is 142 Å². The van der Waals surface area contributed by atoms with Crippen molar-refractivity contribution in [2.24, 2.45) is 10.9 Å². The Morgan fingerprint density at radius 3 is 2.70 bits per heavy atom. The molecule has 1 amide bonds. The van der Waals surface area contributed by atoms with Gasteiger partial charge in [0.2, 0.25) is 15.9 Å². The molecule has 0 spiro atoms. The van der Waals surface area contributed by atoms with Crippen molar-refractivity contribution >= 4 is 27.3 Å². The lowest BCUT2D eigenvalue weighted by Crippen LogP contribution is -2.52. The molecule has 1 heterocycles. The van der Waals surface area contributed by atoms with Gasteiger partial charge in [0.05, 0.1) is 29.5 Å². The van der Waals surface area contributed by atoms with E-state index in [1.165, 1.54) is 18.2 Å². The zero-order chi connectivity index (χ0) is 14.9. The van der Waals surface area contributed by atoms with Crippen LogP contribution in [0.2, 0.25) is 0 Å². The fourth-order valence-electron chi connectivity index (χ4n) is 2.08. The number of nitrogens with two attached hydrogens (primary N) is 3. The Labute approximate surface area is 116 Å². The van der Waals surface area contributed by atoms with Crippen LogP contribution < -0.4 is 21.5 Å². The molecule has 1 atom stereocenters. The number of primary sulfonamides is 1. The van der Waals surface area contributed by atoms with Crippen molar-refractivity contribution in [3.05, 3.63) is 18.2 Å². The van der Waals surface area contributed by atoms with Crippen molar-refractivity contribution in [1.82, 2.24) is 0 Å². The van der Waals surface area contributed by atoms with Crippen molar-refractivity contribution in [3.8, 4) is 0 Å². The maximum absolute atomic E-state index is 11.4. The highest BCUT2D eigenvalue weighted by Gasteiger charge is 2.29. The molecule has 0 saturated carbocycles. The molecular formula is C11H16N4O4S. The highest BCUT2D eigenvalue weighted by Crippen LogP contribution is 2.29. The number of primary amides is 1. The summed E-state index contributed by atoms with van der Waals surface area (Å²) in [6.45, 7) is 0.906. The molecule has 8 nitrogen and oxygen atoms in total. The number of benzene rings is 1.